The number of amides is 1. The number of hydrogen-bond donors (Lipinski definition) is 2. The van der Waals surface area contributed by atoms with Gasteiger partial charge in [-0.2, -0.15) is 0 Å². The molecule has 2 N–H and O–H groups in total. The van der Waals surface area contributed by atoms with Gasteiger partial charge in [-0.1, -0.05) is 19.9 Å². The van der Waals surface area contributed by atoms with Gasteiger partial charge in [0.05, 0.1) is 4.47 Å². The summed E-state index contributed by atoms with van der Waals surface area (Å²) in [5.74, 6) is 0.746. The molecular formula is C19H28BrFN4O. The Hall–Kier alpha value is -1.63. The molecule has 26 heavy (non-hydrogen) atoms. The van der Waals surface area contributed by atoms with Crippen molar-refractivity contribution in [2.24, 2.45) is 10.9 Å². The molecule has 5 nitrogen and oxygen atoms in total. The van der Waals surface area contributed by atoms with E-state index in [2.05, 4.69) is 31.6 Å². The Kier molecular flexibility index (Phi) is 7.87. The van der Waals surface area contributed by atoms with Crippen molar-refractivity contribution in [3.05, 3.63) is 34.1 Å². The fourth-order valence-corrected chi connectivity index (χ4v) is 3.37. The zero-order valence-corrected chi connectivity index (χ0v) is 17.3. The van der Waals surface area contributed by atoms with E-state index in [9.17, 15) is 9.18 Å². The Bertz CT molecular complexity index is 650. The van der Waals surface area contributed by atoms with Crippen LogP contribution in [0.3, 0.4) is 0 Å². The molecule has 1 unspecified atom stereocenters. The maximum absolute atomic E-state index is 13.3. The monoisotopic (exact) mass is 426 g/mol. The summed E-state index contributed by atoms with van der Waals surface area (Å²) in [6.45, 7) is 8.77. The van der Waals surface area contributed by atoms with E-state index in [-0.39, 0.29) is 23.7 Å². The standard InChI is InChI=1S/C19H28BrFN4O/c1-4-22-19(23-9-7-14-5-6-17(21)16(20)11-14)24-15-8-10-25(12-15)18(26)13(2)3/h5-6,11,13,15H,4,7-10,12H2,1-3H3,(H2,22,23,24). The quantitative estimate of drug-likeness (QED) is 0.542. The SMILES string of the molecule is CCNC(=NCCc1ccc(F)c(Br)c1)NC1CCN(C(=O)C(C)C)C1. The number of nitrogens with zero attached hydrogens (tertiary/aromatic N) is 2. The highest BCUT2D eigenvalue weighted by molar-refractivity contribution is 9.10. The molecular weight excluding hydrogens is 399 g/mol. The highest BCUT2D eigenvalue weighted by Crippen LogP contribution is 2.17. The number of guanidine groups is 1. The van der Waals surface area contributed by atoms with Crippen LogP contribution in [-0.2, 0) is 11.2 Å². The molecule has 7 heteroatoms. The molecule has 144 valence electrons. The number of benzene rings is 1. The van der Waals surface area contributed by atoms with Crippen molar-refractivity contribution < 1.29 is 9.18 Å². The lowest BCUT2D eigenvalue weighted by Crippen LogP contribution is -2.45. The number of aliphatic imine (C=N–C) groups is 1. The van der Waals surface area contributed by atoms with Crippen LogP contribution in [-0.4, -0.2) is 49.0 Å². The van der Waals surface area contributed by atoms with Crippen molar-refractivity contribution in [2.45, 2.75) is 39.7 Å². The van der Waals surface area contributed by atoms with E-state index in [1.807, 2.05) is 25.7 Å². The molecule has 2 rings (SSSR count). The van der Waals surface area contributed by atoms with Crippen molar-refractivity contribution in [3.63, 3.8) is 0 Å². The Morgan fingerprint density at radius 1 is 1.46 bits per heavy atom. The topological polar surface area (TPSA) is 56.7 Å². The van der Waals surface area contributed by atoms with Gasteiger partial charge in [-0.15, -0.1) is 0 Å². The molecule has 0 aromatic heterocycles. The number of hydrogen-bond acceptors (Lipinski definition) is 2. The van der Waals surface area contributed by atoms with Crippen LogP contribution < -0.4 is 10.6 Å². The predicted octanol–water partition coefficient (Wildman–Crippen LogP) is 2.94. The van der Waals surface area contributed by atoms with E-state index >= 15 is 0 Å². The Morgan fingerprint density at radius 2 is 2.23 bits per heavy atom. The average molecular weight is 427 g/mol. The van der Waals surface area contributed by atoms with E-state index in [0.29, 0.717) is 17.6 Å². The smallest absolute Gasteiger partial charge is 0.225 e. The summed E-state index contributed by atoms with van der Waals surface area (Å²) in [4.78, 5) is 18.6. The zero-order chi connectivity index (χ0) is 19.1. The second-order valence-electron chi connectivity index (χ2n) is 6.83. The summed E-state index contributed by atoms with van der Waals surface area (Å²) in [7, 11) is 0. The molecule has 1 saturated heterocycles. The van der Waals surface area contributed by atoms with Crippen LogP contribution in [0, 0.1) is 11.7 Å². The Morgan fingerprint density at radius 3 is 2.88 bits per heavy atom. The largest absolute Gasteiger partial charge is 0.357 e. The Balaban J connectivity index is 1.88. The first-order chi connectivity index (χ1) is 12.4. The van der Waals surface area contributed by atoms with Gasteiger partial charge >= 0.3 is 0 Å². The van der Waals surface area contributed by atoms with Crippen molar-refractivity contribution in [3.8, 4) is 0 Å². The van der Waals surface area contributed by atoms with Gasteiger partial charge in [0.2, 0.25) is 5.91 Å². The molecule has 1 aliphatic rings. The van der Waals surface area contributed by atoms with Gasteiger partial charge in [0.25, 0.3) is 0 Å². The summed E-state index contributed by atoms with van der Waals surface area (Å²) < 4.78 is 13.8. The van der Waals surface area contributed by atoms with Crippen LogP contribution in [0.2, 0.25) is 0 Å². The van der Waals surface area contributed by atoms with Gasteiger partial charge in [-0.25, -0.2) is 4.39 Å². The van der Waals surface area contributed by atoms with Crippen molar-refractivity contribution in [1.82, 2.24) is 15.5 Å². The molecule has 1 aromatic carbocycles. The molecule has 0 bridgehead atoms. The highest BCUT2D eigenvalue weighted by Gasteiger charge is 2.27. The highest BCUT2D eigenvalue weighted by atomic mass is 79.9. The van der Waals surface area contributed by atoms with Gasteiger partial charge in [0.15, 0.2) is 5.96 Å². The number of nitrogens with one attached hydrogen (secondary N) is 2. The van der Waals surface area contributed by atoms with Crippen LogP contribution >= 0.6 is 15.9 Å². The summed E-state index contributed by atoms with van der Waals surface area (Å²) >= 11 is 3.21. The first-order valence-electron chi connectivity index (χ1n) is 9.18. The third kappa shape index (κ3) is 5.97. The van der Waals surface area contributed by atoms with E-state index < -0.39 is 0 Å². The molecule has 0 saturated carbocycles. The minimum Gasteiger partial charge on any atom is -0.357 e. The van der Waals surface area contributed by atoms with Gasteiger partial charge in [-0.05, 0) is 53.4 Å². The predicted molar refractivity (Wildman–Crippen MR) is 107 cm³/mol. The Labute approximate surface area is 163 Å². The van der Waals surface area contributed by atoms with Gasteiger partial charge in [-0.3, -0.25) is 9.79 Å². The number of carbonyl (C=O) groups is 1. The minimum absolute atomic E-state index is 0.0330. The maximum Gasteiger partial charge on any atom is 0.225 e. The fraction of sp³-hybridized carbons (Fsp3) is 0.579. The maximum atomic E-state index is 13.3. The van der Waals surface area contributed by atoms with Crippen LogP contribution in [0.4, 0.5) is 4.39 Å². The molecule has 0 spiro atoms. The minimum atomic E-state index is -0.256. The fourth-order valence-electron chi connectivity index (χ4n) is 2.95. The van der Waals surface area contributed by atoms with Crippen LogP contribution in [0.25, 0.3) is 0 Å². The third-order valence-electron chi connectivity index (χ3n) is 4.33. The van der Waals surface area contributed by atoms with E-state index in [1.54, 1.807) is 12.1 Å². The summed E-state index contributed by atoms with van der Waals surface area (Å²) in [5, 5.41) is 6.67. The normalized spacial score (nSPS) is 17.7. The lowest BCUT2D eigenvalue weighted by atomic mass is 10.1. The first kappa shape index (κ1) is 20.7. The van der Waals surface area contributed by atoms with E-state index in [4.69, 9.17) is 0 Å². The summed E-state index contributed by atoms with van der Waals surface area (Å²) in [6, 6.07) is 5.25. The average Bonchev–Trinajstić information content (AvgIpc) is 3.05. The summed E-state index contributed by atoms with van der Waals surface area (Å²) in [6.07, 6.45) is 1.66. The third-order valence-corrected chi connectivity index (χ3v) is 4.94. The number of likely N-dealkylation sites (tertiary alicyclic amines) is 1. The molecule has 1 fully saturated rings. The number of rotatable bonds is 6. The molecule has 1 aliphatic heterocycles. The van der Waals surface area contributed by atoms with Crippen LogP contribution in [0.1, 0.15) is 32.8 Å². The van der Waals surface area contributed by atoms with Crippen molar-refractivity contribution in [1.29, 1.82) is 0 Å². The second kappa shape index (κ2) is 9.90. The molecule has 0 aliphatic carbocycles. The second-order valence-corrected chi connectivity index (χ2v) is 7.68. The summed E-state index contributed by atoms with van der Waals surface area (Å²) in [5.41, 5.74) is 1.03. The molecule has 1 heterocycles. The number of halogens is 2. The van der Waals surface area contributed by atoms with E-state index in [0.717, 1.165) is 37.5 Å². The van der Waals surface area contributed by atoms with Gasteiger partial charge < -0.3 is 15.5 Å². The lowest BCUT2D eigenvalue weighted by molar-refractivity contribution is -0.133. The molecule has 1 atom stereocenters. The van der Waals surface area contributed by atoms with Crippen molar-refractivity contribution >= 4 is 27.8 Å². The van der Waals surface area contributed by atoms with E-state index in [1.165, 1.54) is 6.07 Å². The molecule has 1 amide bonds. The van der Waals surface area contributed by atoms with Gasteiger partial charge in [0.1, 0.15) is 5.82 Å². The van der Waals surface area contributed by atoms with Crippen LogP contribution in [0.15, 0.2) is 27.7 Å². The molecule has 0 radical (unpaired) electrons. The van der Waals surface area contributed by atoms with Gasteiger partial charge in [0, 0.05) is 38.1 Å². The van der Waals surface area contributed by atoms with Crippen LogP contribution in [0.5, 0.6) is 0 Å². The number of carbonyl (C=O) groups excluding carboxylic acids is 1. The van der Waals surface area contributed by atoms with Crippen molar-refractivity contribution in [2.75, 3.05) is 26.2 Å². The zero-order valence-electron chi connectivity index (χ0n) is 15.7. The molecule has 1 aromatic rings. The lowest BCUT2D eigenvalue weighted by Gasteiger charge is -2.20. The first-order valence-corrected chi connectivity index (χ1v) is 9.97.